The van der Waals surface area contributed by atoms with E-state index in [4.69, 9.17) is 10.7 Å². The zero-order chi connectivity index (χ0) is 14.7. The minimum absolute atomic E-state index is 0. The van der Waals surface area contributed by atoms with Crippen LogP contribution in [-0.4, -0.2) is 65.5 Å². The molecule has 0 aromatic rings. The lowest BCUT2D eigenvalue weighted by molar-refractivity contribution is 0.0670. The Kier molecular flexibility index (Phi) is 7.14. The molecule has 6 heteroatoms. The van der Waals surface area contributed by atoms with Crippen molar-refractivity contribution in [3.05, 3.63) is 0 Å². The van der Waals surface area contributed by atoms with Gasteiger partial charge in [0.15, 0.2) is 5.96 Å². The van der Waals surface area contributed by atoms with Crippen LogP contribution >= 0.6 is 35.7 Å². The maximum Gasteiger partial charge on any atom is 0.191 e. The fraction of sp³-hybridized carbons (Fsp3) is 0.938. The van der Waals surface area contributed by atoms with Gasteiger partial charge in [0.1, 0.15) is 0 Å². The molecular weight excluding hydrogens is 407 g/mol. The van der Waals surface area contributed by atoms with Crippen LogP contribution in [-0.2, 0) is 0 Å². The summed E-state index contributed by atoms with van der Waals surface area (Å²) in [5.41, 5.74) is 6.52. The minimum atomic E-state index is 0. The van der Waals surface area contributed by atoms with Crippen molar-refractivity contribution >= 4 is 41.7 Å². The van der Waals surface area contributed by atoms with E-state index in [2.05, 4.69) is 28.6 Å². The Bertz CT molecular complexity index is 374. The van der Waals surface area contributed by atoms with Crippen molar-refractivity contribution in [1.29, 1.82) is 0 Å². The van der Waals surface area contributed by atoms with Crippen LogP contribution in [0.4, 0.5) is 0 Å². The summed E-state index contributed by atoms with van der Waals surface area (Å²) in [7, 11) is 2.10. The van der Waals surface area contributed by atoms with Crippen molar-refractivity contribution in [1.82, 2.24) is 9.80 Å². The Balaban J connectivity index is 0.00000176. The van der Waals surface area contributed by atoms with Crippen molar-refractivity contribution in [2.24, 2.45) is 10.7 Å². The predicted molar refractivity (Wildman–Crippen MR) is 107 cm³/mol. The van der Waals surface area contributed by atoms with Gasteiger partial charge in [-0.3, -0.25) is 9.89 Å². The highest BCUT2D eigenvalue weighted by Gasteiger charge is 2.38. The van der Waals surface area contributed by atoms with E-state index in [1.54, 1.807) is 0 Å². The second kappa shape index (κ2) is 8.42. The molecule has 128 valence electrons. The molecule has 0 atom stereocenters. The molecule has 4 nitrogen and oxygen atoms in total. The predicted octanol–water partition coefficient (Wildman–Crippen LogP) is 2.77. The van der Waals surface area contributed by atoms with Crippen LogP contribution < -0.4 is 5.73 Å². The van der Waals surface area contributed by atoms with Gasteiger partial charge in [0.05, 0.1) is 6.54 Å². The summed E-state index contributed by atoms with van der Waals surface area (Å²) < 4.78 is 0. The van der Waals surface area contributed by atoms with E-state index in [-0.39, 0.29) is 24.0 Å². The quantitative estimate of drug-likeness (QED) is 0.417. The van der Waals surface area contributed by atoms with Crippen molar-refractivity contribution in [3.8, 4) is 0 Å². The summed E-state index contributed by atoms with van der Waals surface area (Å²) in [5.74, 6) is 3.32. The SMILES string of the molecule is CN(C(N)=NCC1(N2CCSCC2)CCCCC1)C1CC1.I. The van der Waals surface area contributed by atoms with Crippen LogP contribution in [0.25, 0.3) is 0 Å². The second-order valence-corrected chi connectivity index (χ2v) is 8.13. The number of guanidine groups is 1. The lowest BCUT2D eigenvalue weighted by atomic mass is 9.80. The molecule has 0 aromatic carbocycles. The van der Waals surface area contributed by atoms with Crippen molar-refractivity contribution in [3.63, 3.8) is 0 Å². The van der Waals surface area contributed by atoms with E-state index in [0.717, 1.165) is 12.5 Å². The van der Waals surface area contributed by atoms with Crippen LogP contribution in [0.1, 0.15) is 44.9 Å². The minimum Gasteiger partial charge on any atom is -0.370 e. The molecular formula is C16H31IN4S. The monoisotopic (exact) mass is 438 g/mol. The van der Waals surface area contributed by atoms with Crippen molar-refractivity contribution < 1.29 is 0 Å². The third-order valence-electron chi connectivity index (χ3n) is 5.46. The normalized spacial score (nSPS) is 26.3. The van der Waals surface area contributed by atoms with Gasteiger partial charge < -0.3 is 10.6 Å². The van der Waals surface area contributed by atoms with Gasteiger partial charge in [0, 0.05) is 43.2 Å². The van der Waals surface area contributed by atoms with Gasteiger partial charge >= 0.3 is 0 Å². The molecule has 2 aliphatic carbocycles. The summed E-state index contributed by atoms with van der Waals surface area (Å²) in [4.78, 5) is 9.74. The Morgan fingerprint density at radius 2 is 1.86 bits per heavy atom. The van der Waals surface area contributed by atoms with Crippen LogP contribution in [0.15, 0.2) is 4.99 Å². The molecule has 1 heterocycles. The molecule has 1 saturated heterocycles. The Morgan fingerprint density at radius 3 is 2.45 bits per heavy atom. The lowest BCUT2D eigenvalue weighted by Crippen LogP contribution is -2.55. The highest BCUT2D eigenvalue weighted by Crippen LogP contribution is 2.35. The second-order valence-electron chi connectivity index (χ2n) is 6.90. The molecule has 0 amide bonds. The number of nitrogens with two attached hydrogens (primary N) is 1. The first-order chi connectivity index (χ1) is 10.2. The van der Waals surface area contributed by atoms with Gasteiger partial charge in [0.25, 0.3) is 0 Å². The Hall–Kier alpha value is 0.310. The van der Waals surface area contributed by atoms with Gasteiger partial charge in [-0.1, -0.05) is 19.3 Å². The first-order valence-corrected chi connectivity index (χ1v) is 9.72. The number of nitrogens with zero attached hydrogens (tertiary/aromatic N) is 3. The van der Waals surface area contributed by atoms with Crippen molar-refractivity contribution in [2.45, 2.75) is 56.5 Å². The van der Waals surface area contributed by atoms with E-state index in [1.165, 1.54) is 69.5 Å². The Labute approximate surface area is 156 Å². The molecule has 2 N–H and O–H groups in total. The van der Waals surface area contributed by atoms with Gasteiger partial charge in [-0.05, 0) is 25.7 Å². The average Bonchev–Trinajstić information content (AvgIpc) is 3.38. The van der Waals surface area contributed by atoms with E-state index in [1.807, 2.05) is 0 Å². The molecule has 0 unspecified atom stereocenters. The average molecular weight is 438 g/mol. The van der Waals surface area contributed by atoms with Crippen molar-refractivity contribution in [2.75, 3.05) is 38.2 Å². The molecule has 3 fully saturated rings. The number of hydrogen-bond acceptors (Lipinski definition) is 3. The standard InChI is InChI=1S/C16H30N4S.HI/c1-19(14-5-6-14)15(17)18-13-16(7-3-2-4-8-16)20-9-11-21-12-10-20;/h14H,2-13H2,1H3,(H2,17,18);1H. The van der Waals surface area contributed by atoms with E-state index in [0.29, 0.717) is 11.6 Å². The van der Waals surface area contributed by atoms with Gasteiger partial charge in [-0.2, -0.15) is 11.8 Å². The fourth-order valence-electron chi connectivity index (χ4n) is 3.81. The summed E-state index contributed by atoms with van der Waals surface area (Å²) >= 11 is 2.09. The topological polar surface area (TPSA) is 44.9 Å². The van der Waals surface area contributed by atoms with Gasteiger partial charge in [0.2, 0.25) is 0 Å². The number of hydrogen-bond donors (Lipinski definition) is 1. The summed E-state index contributed by atoms with van der Waals surface area (Å²) in [6, 6.07) is 0.655. The summed E-state index contributed by atoms with van der Waals surface area (Å²) in [6.07, 6.45) is 9.28. The molecule has 2 saturated carbocycles. The van der Waals surface area contributed by atoms with Crippen LogP contribution in [0.3, 0.4) is 0 Å². The van der Waals surface area contributed by atoms with E-state index >= 15 is 0 Å². The number of thioether (sulfide) groups is 1. The zero-order valence-corrected chi connectivity index (χ0v) is 16.9. The summed E-state index contributed by atoms with van der Waals surface area (Å²) in [6.45, 7) is 3.37. The molecule has 3 rings (SSSR count). The summed E-state index contributed by atoms with van der Waals surface area (Å²) in [5, 5.41) is 0. The number of aliphatic imine (C=N–C) groups is 1. The third kappa shape index (κ3) is 4.44. The molecule has 0 aromatic heterocycles. The van der Waals surface area contributed by atoms with E-state index in [9.17, 15) is 0 Å². The first-order valence-electron chi connectivity index (χ1n) is 8.57. The van der Waals surface area contributed by atoms with Crippen LogP contribution in [0.5, 0.6) is 0 Å². The molecule has 0 spiro atoms. The van der Waals surface area contributed by atoms with Gasteiger partial charge in [-0.15, -0.1) is 24.0 Å². The highest BCUT2D eigenvalue weighted by molar-refractivity contribution is 14.0. The first kappa shape index (κ1) is 18.6. The Morgan fingerprint density at radius 1 is 1.23 bits per heavy atom. The van der Waals surface area contributed by atoms with E-state index < -0.39 is 0 Å². The maximum atomic E-state index is 6.22. The van der Waals surface area contributed by atoms with Gasteiger partial charge in [-0.25, -0.2) is 0 Å². The largest absolute Gasteiger partial charge is 0.370 e. The molecule has 0 radical (unpaired) electrons. The smallest absolute Gasteiger partial charge is 0.191 e. The molecule has 3 aliphatic rings. The van der Waals surface area contributed by atoms with Crippen LogP contribution in [0.2, 0.25) is 0 Å². The number of halogens is 1. The lowest BCUT2D eigenvalue weighted by Gasteiger charge is -2.47. The molecule has 1 aliphatic heterocycles. The molecule has 0 bridgehead atoms. The zero-order valence-electron chi connectivity index (χ0n) is 13.8. The fourth-order valence-corrected chi connectivity index (χ4v) is 4.71. The third-order valence-corrected chi connectivity index (χ3v) is 6.40. The maximum absolute atomic E-state index is 6.22. The number of rotatable bonds is 4. The van der Waals surface area contributed by atoms with Crippen LogP contribution in [0, 0.1) is 0 Å². The highest BCUT2D eigenvalue weighted by atomic mass is 127. The molecule has 22 heavy (non-hydrogen) atoms.